The summed E-state index contributed by atoms with van der Waals surface area (Å²) in [7, 11) is 0. The fourth-order valence-electron chi connectivity index (χ4n) is 3.86. The lowest BCUT2D eigenvalue weighted by atomic mass is 9.77. The van der Waals surface area contributed by atoms with Crippen LogP contribution in [0.4, 0.5) is 5.69 Å². The number of aromatic nitrogens is 2. The molecule has 1 aromatic heterocycles. The van der Waals surface area contributed by atoms with Crippen LogP contribution in [0.25, 0.3) is 5.69 Å². The topological polar surface area (TPSA) is 80.1 Å². The molecule has 1 saturated heterocycles. The van der Waals surface area contributed by atoms with Gasteiger partial charge in [-0.2, -0.15) is 10.4 Å². The molecule has 8 heteroatoms. The zero-order valence-corrected chi connectivity index (χ0v) is 19.6. The Morgan fingerprint density at radius 1 is 1.19 bits per heavy atom. The van der Waals surface area contributed by atoms with Crippen molar-refractivity contribution in [2.75, 3.05) is 30.5 Å². The Morgan fingerprint density at radius 2 is 1.91 bits per heavy atom. The van der Waals surface area contributed by atoms with E-state index in [1.165, 1.54) is 0 Å². The Kier molecular flexibility index (Phi) is 6.34. The number of alkyl halides is 1. The first-order valence-electron chi connectivity index (χ1n) is 10.4. The number of rotatable bonds is 7. The van der Waals surface area contributed by atoms with Gasteiger partial charge in [-0.15, -0.1) is 11.6 Å². The molecule has 3 aromatic rings. The van der Waals surface area contributed by atoms with Crippen LogP contribution in [0.15, 0.2) is 48.8 Å². The van der Waals surface area contributed by atoms with Gasteiger partial charge in [-0.3, -0.25) is 0 Å². The van der Waals surface area contributed by atoms with Crippen LogP contribution < -0.4 is 15.4 Å². The maximum absolute atomic E-state index is 9.60. The van der Waals surface area contributed by atoms with Gasteiger partial charge in [0.05, 0.1) is 40.2 Å². The minimum Gasteiger partial charge on any atom is -0.489 e. The Bertz CT molecular complexity index is 1140. The molecule has 0 radical (unpaired) electrons. The summed E-state index contributed by atoms with van der Waals surface area (Å²) in [5.74, 6) is 0.701. The van der Waals surface area contributed by atoms with Gasteiger partial charge < -0.3 is 15.4 Å². The van der Waals surface area contributed by atoms with Crippen LogP contribution in [0.5, 0.6) is 5.75 Å². The summed E-state index contributed by atoms with van der Waals surface area (Å²) < 4.78 is 7.44. The van der Waals surface area contributed by atoms with E-state index in [0.29, 0.717) is 28.8 Å². The van der Waals surface area contributed by atoms with Crippen molar-refractivity contribution in [3.05, 3.63) is 70.5 Å². The van der Waals surface area contributed by atoms with E-state index < -0.39 is 0 Å². The van der Waals surface area contributed by atoms with Crippen LogP contribution in [0, 0.1) is 11.3 Å². The van der Waals surface area contributed by atoms with Gasteiger partial charge >= 0.3 is 0 Å². The minimum absolute atomic E-state index is 0.246. The van der Waals surface area contributed by atoms with Crippen molar-refractivity contribution in [1.82, 2.24) is 9.78 Å². The molecule has 32 heavy (non-hydrogen) atoms. The summed E-state index contributed by atoms with van der Waals surface area (Å²) in [5, 5.41) is 14.5. The van der Waals surface area contributed by atoms with E-state index in [1.807, 2.05) is 41.3 Å². The van der Waals surface area contributed by atoms with Gasteiger partial charge in [0.25, 0.3) is 0 Å². The number of hydrogen-bond donors (Lipinski definition) is 1. The number of nitrogens with two attached hydrogens (primary N) is 1. The van der Waals surface area contributed by atoms with Crippen LogP contribution in [0.1, 0.15) is 30.5 Å². The SMILES string of the molecule is CC(C)(c1ccc(-n2cc(N3CC(N)C3)cn2)cc1)c1cc(Cl)c(OCCCl)c(C#N)c1. The highest BCUT2D eigenvalue weighted by atomic mass is 35.5. The number of nitrogens with zero attached hydrogens (tertiary/aromatic N) is 4. The number of hydrogen-bond acceptors (Lipinski definition) is 5. The van der Waals surface area contributed by atoms with Gasteiger partial charge in [-0.1, -0.05) is 37.6 Å². The molecule has 0 saturated carbocycles. The highest BCUT2D eigenvalue weighted by Crippen LogP contribution is 2.38. The first-order valence-corrected chi connectivity index (χ1v) is 11.3. The molecule has 1 fully saturated rings. The van der Waals surface area contributed by atoms with Crippen LogP contribution >= 0.6 is 23.2 Å². The summed E-state index contributed by atoms with van der Waals surface area (Å²) in [6.45, 7) is 6.23. The van der Waals surface area contributed by atoms with Crippen molar-refractivity contribution in [2.45, 2.75) is 25.3 Å². The quantitative estimate of drug-likeness (QED) is 0.515. The predicted octanol–water partition coefficient (Wildman–Crippen LogP) is 4.49. The first kappa shape index (κ1) is 22.5. The third-order valence-corrected chi connectivity index (χ3v) is 6.34. The molecule has 1 aliphatic heterocycles. The third kappa shape index (κ3) is 4.29. The highest BCUT2D eigenvalue weighted by Gasteiger charge is 2.27. The van der Waals surface area contributed by atoms with Gasteiger partial charge in [0.2, 0.25) is 0 Å². The van der Waals surface area contributed by atoms with Crippen molar-refractivity contribution in [1.29, 1.82) is 5.26 Å². The second-order valence-corrected chi connectivity index (χ2v) is 9.25. The van der Waals surface area contributed by atoms with Crippen LogP contribution in [-0.4, -0.2) is 41.4 Å². The van der Waals surface area contributed by atoms with Crippen LogP contribution in [-0.2, 0) is 5.41 Å². The van der Waals surface area contributed by atoms with Crippen molar-refractivity contribution >= 4 is 28.9 Å². The molecular formula is C24H25Cl2N5O. The van der Waals surface area contributed by atoms with Crippen molar-refractivity contribution in [2.24, 2.45) is 5.73 Å². The summed E-state index contributed by atoms with van der Waals surface area (Å²) in [5.41, 5.74) is 9.98. The van der Waals surface area contributed by atoms with Crippen molar-refractivity contribution in [3.8, 4) is 17.5 Å². The van der Waals surface area contributed by atoms with E-state index in [2.05, 4.69) is 42.0 Å². The standard InChI is InChI=1S/C24H25Cl2N5O/c1-24(2,18-9-16(11-27)23(22(26)10-18)32-8-7-25)17-3-5-20(6-4-17)31-15-21(12-29-31)30-13-19(28)14-30/h3-6,9-10,12,15,19H,7-8,13-14,28H2,1-2H3. The first-order chi connectivity index (χ1) is 15.3. The lowest BCUT2D eigenvalue weighted by Crippen LogP contribution is -2.55. The second kappa shape index (κ2) is 9.03. The van der Waals surface area contributed by atoms with Gasteiger partial charge in [-0.05, 0) is 35.4 Å². The van der Waals surface area contributed by atoms with Crippen LogP contribution in [0.2, 0.25) is 5.02 Å². The van der Waals surface area contributed by atoms with Gasteiger partial charge in [0.15, 0.2) is 5.75 Å². The fourth-order valence-corrected chi connectivity index (χ4v) is 4.21. The molecule has 2 N–H and O–H groups in total. The monoisotopic (exact) mass is 469 g/mol. The molecule has 0 atom stereocenters. The van der Waals surface area contributed by atoms with E-state index in [-0.39, 0.29) is 11.5 Å². The molecule has 0 unspecified atom stereocenters. The molecule has 1 aliphatic rings. The zero-order valence-electron chi connectivity index (χ0n) is 18.1. The van der Waals surface area contributed by atoms with E-state index >= 15 is 0 Å². The second-order valence-electron chi connectivity index (χ2n) is 8.46. The average molecular weight is 470 g/mol. The molecule has 0 amide bonds. The average Bonchev–Trinajstić information content (AvgIpc) is 3.25. The molecule has 0 aliphatic carbocycles. The Balaban J connectivity index is 1.58. The van der Waals surface area contributed by atoms with Gasteiger partial charge in [0.1, 0.15) is 12.7 Å². The summed E-state index contributed by atoms with van der Waals surface area (Å²) in [4.78, 5) is 2.21. The van der Waals surface area contributed by atoms with E-state index in [4.69, 9.17) is 33.7 Å². The minimum atomic E-state index is -0.373. The molecule has 166 valence electrons. The zero-order chi connectivity index (χ0) is 22.9. The number of halogens is 2. The van der Waals surface area contributed by atoms with Crippen molar-refractivity contribution in [3.63, 3.8) is 0 Å². The van der Waals surface area contributed by atoms with Crippen LogP contribution in [0.3, 0.4) is 0 Å². The highest BCUT2D eigenvalue weighted by molar-refractivity contribution is 6.32. The lowest BCUT2D eigenvalue weighted by molar-refractivity contribution is 0.341. The largest absolute Gasteiger partial charge is 0.489 e. The number of nitriles is 1. The smallest absolute Gasteiger partial charge is 0.155 e. The molecule has 2 heterocycles. The maximum Gasteiger partial charge on any atom is 0.155 e. The fraction of sp³-hybridized carbons (Fsp3) is 0.333. The summed E-state index contributed by atoms with van der Waals surface area (Å²) in [6, 6.07) is 14.4. The normalized spacial score (nSPS) is 14.2. The maximum atomic E-state index is 9.60. The lowest BCUT2D eigenvalue weighted by Gasteiger charge is -2.37. The molecular weight excluding hydrogens is 445 g/mol. The Labute approximate surface area is 198 Å². The van der Waals surface area contributed by atoms with Gasteiger partial charge in [0, 0.05) is 24.5 Å². The molecule has 0 spiro atoms. The number of anilines is 1. The molecule has 2 aromatic carbocycles. The number of ether oxygens (including phenoxy) is 1. The molecule has 4 rings (SSSR count). The summed E-state index contributed by atoms with van der Waals surface area (Å²) in [6.07, 6.45) is 3.88. The number of benzene rings is 2. The third-order valence-electron chi connectivity index (χ3n) is 5.91. The van der Waals surface area contributed by atoms with Gasteiger partial charge in [-0.25, -0.2) is 4.68 Å². The Morgan fingerprint density at radius 3 is 2.53 bits per heavy atom. The molecule has 6 nitrogen and oxygen atoms in total. The molecule has 0 bridgehead atoms. The van der Waals surface area contributed by atoms with E-state index in [9.17, 15) is 5.26 Å². The summed E-state index contributed by atoms with van der Waals surface area (Å²) >= 11 is 12.2. The van der Waals surface area contributed by atoms with Crippen molar-refractivity contribution < 1.29 is 4.74 Å². The predicted molar refractivity (Wildman–Crippen MR) is 128 cm³/mol. The van der Waals surface area contributed by atoms with E-state index in [0.717, 1.165) is 35.6 Å². The van der Waals surface area contributed by atoms with E-state index in [1.54, 1.807) is 0 Å². The Hall–Kier alpha value is -2.72.